The van der Waals surface area contributed by atoms with Gasteiger partial charge in [-0.05, 0) is 37.5 Å². The topological polar surface area (TPSA) is 66.9 Å². The molecule has 0 radical (unpaired) electrons. The van der Waals surface area contributed by atoms with Gasteiger partial charge in [-0.1, -0.05) is 12.1 Å². The smallest absolute Gasteiger partial charge is 0.229 e. The molecule has 0 saturated carbocycles. The van der Waals surface area contributed by atoms with Gasteiger partial charge in [-0.25, -0.2) is 8.42 Å². The number of nitrogens with zero attached hydrogens (tertiary/aromatic N) is 2. The summed E-state index contributed by atoms with van der Waals surface area (Å²) in [5.41, 5.74) is 0.999. The molecule has 2 fully saturated rings. The Morgan fingerprint density at radius 1 is 1.08 bits per heavy atom. The van der Waals surface area contributed by atoms with Gasteiger partial charge >= 0.3 is 0 Å². The van der Waals surface area contributed by atoms with Crippen molar-refractivity contribution in [2.24, 2.45) is 0 Å². The van der Waals surface area contributed by atoms with E-state index in [2.05, 4.69) is 4.90 Å². The summed E-state index contributed by atoms with van der Waals surface area (Å²) in [5, 5.41) is 0. The highest BCUT2D eigenvalue weighted by atomic mass is 32.2. The summed E-state index contributed by atoms with van der Waals surface area (Å²) in [5.74, 6) is 1.31. The molecular formula is C19H28N2O4S. The molecule has 0 spiro atoms. The molecule has 0 N–H and O–H groups in total. The third-order valence-corrected chi connectivity index (χ3v) is 7.27. The Hall–Kier alpha value is -1.60. The van der Waals surface area contributed by atoms with Gasteiger partial charge in [0.1, 0.15) is 5.75 Å². The highest BCUT2D eigenvalue weighted by Gasteiger charge is 2.32. The van der Waals surface area contributed by atoms with Gasteiger partial charge in [-0.3, -0.25) is 9.69 Å². The van der Waals surface area contributed by atoms with Crippen molar-refractivity contribution in [2.75, 3.05) is 44.8 Å². The predicted molar refractivity (Wildman–Crippen MR) is 101 cm³/mol. The van der Waals surface area contributed by atoms with Crippen molar-refractivity contribution in [3.63, 3.8) is 0 Å². The van der Waals surface area contributed by atoms with Gasteiger partial charge in [0.15, 0.2) is 9.84 Å². The number of amides is 1. The first kappa shape index (κ1) is 19.2. The van der Waals surface area contributed by atoms with Crippen LogP contribution in [0.15, 0.2) is 24.3 Å². The Morgan fingerprint density at radius 3 is 2.19 bits per heavy atom. The number of methoxy groups -OCH3 is 1. The Kier molecular flexibility index (Phi) is 5.87. The van der Waals surface area contributed by atoms with Crippen LogP contribution < -0.4 is 4.74 Å². The second-order valence-corrected chi connectivity index (χ2v) is 9.54. The molecule has 1 aromatic rings. The Balaban J connectivity index is 1.53. The van der Waals surface area contributed by atoms with Crippen LogP contribution in [-0.2, 0) is 14.6 Å². The number of rotatable bonds is 4. The van der Waals surface area contributed by atoms with Crippen molar-refractivity contribution >= 4 is 15.7 Å². The van der Waals surface area contributed by atoms with Crippen molar-refractivity contribution in [1.82, 2.24) is 9.80 Å². The standard InChI is InChI=1S/C19H28N2O4S/c1-15(16-3-5-18(25-2)6-4-16)19(22)21-9-7-17(8-10-21)20-11-13-26(23,24)14-12-20/h3-6,15,17H,7-14H2,1-2H3. The van der Waals surface area contributed by atoms with E-state index in [1.165, 1.54) is 0 Å². The van der Waals surface area contributed by atoms with E-state index < -0.39 is 9.84 Å². The second kappa shape index (κ2) is 7.96. The van der Waals surface area contributed by atoms with Crippen LogP contribution in [0.1, 0.15) is 31.2 Å². The van der Waals surface area contributed by atoms with E-state index in [9.17, 15) is 13.2 Å². The van der Waals surface area contributed by atoms with Crippen molar-refractivity contribution < 1.29 is 17.9 Å². The molecule has 1 amide bonds. The molecule has 1 aromatic carbocycles. The molecule has 144 valence electrons. The number of ether oxygens (including phenoxy) is 1. The molecule has 1 unspecified atom stereocenters. The van der Waals surface area contributed by atoms with E-state index in [4.69, 9.17) is 4.74 Å². The largest absolute Gasteiger partial charge is 0.497 e. The fourth-order valence-corrected chi connectivity index (χ4v) is 5.08. The summed E-state index contributed by atoms with van der Waals surface area (Å²) in [7, 11) is -1.21. The summed E-state index contributed by atoms with van der Waals surface area (Å²) < 4.78 is 28.3. The number of carbonyl (C=O) groups excluding carboxylic acids is 1. The van der Waals surface area contributed by atoms with Gasteiger partial charge in [0.25, 0.3) is 0 Å². The van der Waals surface area contributed by atoms with Crippen LogP contribution in [0.2, 0.25) is 0 Å². The fraction of sp³-hybridized carbons (Fsp3) is 0.632. The zero-order valence-corrected chi connectivity index (χ0v) is 16.4. The van der Waals surface area contributed by atoms with Gasteiger partial charge in [-0.2, -0.15) is 0 Å². The van der Waals surface area contributed by atoms with Crippen LogP contribution in [0, 0.1) is 0 Å². The molecule has 7 heteroatoms. The first-order valence-corrected chi connectivity index (χ1v) is 11.1. The summed E-state index contributed by atoms with van der Waals surface area (Å²) in [4.78, 5) is 17.1. The van der Waals surface area contributed by atoms with Crippen molar-refractivity contribution in [1.29, 1.82) is 0 Å². The third-order valence-electron chi connectivity index (χ3n) is 5.66. The van der Waals surface area contributed by atoms with Gasteiger partial charge in [-0.15, -0.1) is 0 Å². The summed E-state index contributed by atoms with van der Waals surface area (Å²) in [6.45, 7) is 4.69. The average molecular weight is 381 g/mol. The Labute approximate surface area is 156 Å². The highest BCUT2D eigenvalue weighted by Crippen LogP contribution is 2.25. The monoisotopic (exact) mass is 380 g/mol. The molecule has 0 bridgehead atoms. The lowest BCUT2D eigenvalue weighted by molar-refractivity contribution is -0.134. The molecule has 0 aliphatic carbocycles. The summed E-state index contributed by atoms with van der Waals surface area (Å²) in [6.07, 6.45) is 1.84. The Morgan fingerprint density at radius 2 is 1.65 bits per heavy atom. The highest BCUT2D eigenvalue weighted by molar-refractivity contribution is 7.91. The normalized spacial score (nSPS) is 22.8. The van der Waals surface area contributed by atoms with Crippen LogP contribution in [0.3, 0.4) is 0 Å². The molecule has 0 aromatic heterocycles. The van der Waals surface area contributed by atoms with Gasteiger partial charge in [0, 0.05) is 32.2 Å². The van der Waals surface area contributed by atoms with Crippen molar-refractivity contribution in [3.05, 3.63) is 29.8 Å². The fourth-order valence-electron chi connectivity index (χ4n) is 3.85. The van der Waals surface area contributed by atoms with E-state index in [0.717, 1.165) is 37.2 Å². The zero-order chi connectivity index (χ0) is 18.7. The number of piperidine rings is 1. The predicted octanol–water partition coefficient (Wildman–Crippen LogP) is 1.52. The maximum Gasteiger partial charge on any atom is 0.229 e. The number of sulfone groups is 1. The minimum atomic E-state index is -2.84. The lowest BCUT2D eigenvalue weighted by atomic mass is 9.97. The van der Waals surface area contributed by atoms with E-state index in [1.54, 1.807) is 7.11 Å². The SMILES string of the molecule is COc1ccc(C(C)C(=O)N2CCC(N3CCS(=O)(=O)CC3)CC2)cc1. The van der Waals surface area contributed by atoms with Crippen LogP contribution in [0.5, 0.6) is 5.75 Å². The third kappa shape index (κ3) is 4.38. The molecule has 3 rings (SSSR count). The van der Waals surface area contributed by atoms with Gasteiger partial charge in [0.05, 0.1) is 24.5 Å². The van der Waals surface area contributed by atoms with Crippen LogP contribution in [0.25, 0.3) is 0 Å². The minimum Gasteiger partial charge on any atom is -0.497 e. The van der Waals surface area contributed by atoms with Gasteiger partial charge < -0.3 is 9.64 Å². The average Bonchev–Trinajstić information content (AvgIpc) is 2.67. The second-order valence-electron chi connectivity index (χ2n) is 7.24. The first-order valence-electron chi connectivity index (χ1n) is 9.27. The first-order chi connectivity index (χ1) is 12.4. The van der Waals surface area contributed by atoms with E-state index >= 15 is 0 Å². The van der Waals surface area contributed by atoms with E-state index in [-0.39, 0.29) is 23.3 Å². The molecule has 2 aliphatic heterocycles. The maximum absolute atomic E-state index is 12.8. The van der Waals surface area contributed by atoms with E-state index in [1.807, 2.05) is 36.1 Å². The van der Waals surface area contributed by atoms with Crippen LogP contribution >= 0.6 is 0 Å². The van der Waals surface area contributed by atoms with E-state index in [0.29, 0.717) is 19.1 Å². The van der Waals surface area contributed by atoms with Crippen LogP contribution in [-0.4, -0.2) is 75.0 Å². The molecule has 6 nitrogen and oxygen atoms in total. The molecule has 26 heavy (non-hydrogen) atoms. The number of carbonyl (C=O) groups is 1. The number of benzene rings is 1. The number of hydrogen-bond acceptors (Lipinski definition) is 5. The van der Waals surface area contributed by atoms with Crippen LogP contribution in [0.4, 0.5) is 0 Å². The lowest BCUT2D eigenvalue weighted by Crippen LogP contribution is -2.51. The van der Waals surface area contributed by atoms with Crippen molar-refractivity contribution in [2.45, 2.75) is 31.7 Å². The molecule has 1 atom stereocenters. The molecule has 2 aliphatic rings. The summed E-state index contributed by atoms with van der Waals surface area (Å²) >= 11 is 0. The summed E-state index contributed by atoms with van der Waals surface area (Å²) in [6, 6.07) is 8.06. The Bertz CT molecular complexity index is 710. The van der Waals surface area contributed by atoms with Crippen molar-refractivity contribution in [3.8, 4) is 5.75 Å². The van der Waals surface area contributed by atoms with Gasteiger partial charge in [0.2, 0.25) is 5.91 Å². The molecule has 2 saturated heterocycles. The zero-order valence-electron chi connectivity index (χ0n) is 15.6. The minimum absolute atomic E-state index is 0.162. The lowest BCUT2D eigenvalue weighted by Gasteiger charge is -2.40. The maximum atomic E-state index is 12.8. The molecular weight excluding hydrogens is 352 g/mol. The quantitative estimate of drug-likeness (QED) is 0.792. The number of likely N-dealkylation sites (tertiary alicyclic amines) is 1. The number of hydrogen-bond donors (Lipinski definition) is 0. The molecule has 2 heterocycles.